The lowest BCUT2D eigenvalue weighted by Gasteiger charge is -2.23. The van der Waals surface area contributed by atoms with E-state index in [4.69, 9.17) is 4.74 Å². The van der Waals surface area contributed by atoms with Gasteiger partial charge in [0.05, 0.1) is 5.92 Å². The van der Waals surface area contributed by atoms with E-state index in [1.165, 1.54) is 0 Å². The minimum atomic E-state index is -0.195. The zero-order valence-corrected chi connectivity index (χ0v) is 16.4. The number of rotatable bonds is 7. The molecule has 3 aromatic rings. The molecule has 0 radical (unpaired) electrons. The summed E-state index contributed by atoms with van der Waals surface area (Å²) in [6.45, 7) is 6.16. The summed E-state index contributed by atoms with van der Waals surface area (Å²) in [5.41, 5.74) is 2.72. The zero-order valence-electron chi connectivity index (χ0n) is 16.4. The zero-order chi connectivity index (χ0) is 19.9. The second-order valence-electron chi connectivity index (χ2n) is 6.87. The Morgan fingerprint density at radius 1 is 1.07 bits per heavy atom. The Kier molecular flexibility index (Phi) is 6.37. The highest BCUT2D eigenvalue weighted by Crippen LogP contribution is 2.30. The van der Waals surface area contributed by atoms with Crippen LogP contribution >= 0.6 is 0 Å². The Morgan fingerprint density at radius 2 is 1.79 bits per heavy atom. The number of hydrogen-bond acceptors (Lipinski definition) is 4. The van der Waals surface area contributed by atoms with Crippen LogP contribution in [0.3, 0.4) is 0 Å². The first-order valence-corrected chi connectivity index (χ1v) is 9.49. The molecule has 1 aromatic heterocycles. The van der Waals surface area contributed by atoms with Crippen LogP contribution in [-0.4, -0.2) is 15.9 Å². The van der Waals surface area contributed by atoms with Crippen LogP contribution in [0, 0.1) is 12.8 Å². The molecule has 2 atom stereocenters. The van der Waals surface area contributed by atoms with Crippen molar-refractivity contribution in [3.8, 4) is 11.8 Å². The van der Waals surface area contributed by atoms with Crippen molar-refractivity contribution in [1.82, 2.24) is 9.97 Å². The lowest BCUT2D eigenvalue weighted by atomic mass is 9.85. The van der Waals surface area contributed by atoms with E-state index in [0.717, 1.165) is 23.2 Å². The first kappa shape index (κ1) is 19.5. The number of amides is 1. The molecule has 0 spiro atoms. The molecule has 144 valence electrons. The van der Waals surface area contributed by atoms with E-state index in [0.29, 0.717) is 11.8 Å². The van der Waals surface area contributed by atoms with Gasteiger partial charge in [0, 0.05) is 18.1 Å². The van der Waals surface area contributed by atoms with E-state index in [1.807, 2.05) is 49.4 Å². The van der Waals surface area contributed by atoms with Gasteiger partial charge in [0.1, 0.15) is 5.75 Å². The van der Waals surface area contributed by atoms with Crippen molar-refractivity contribution in [2.45, 2.75) is 33.1 Å². The summed E-state index contributed by atoms with van der Waals surface area (Å²) in [5.74, 6) is 0.673. The number of aromatic nitrogens is 2. The average molecular weight is 375 g/mol. The Labute approximate surface area is 165 Å². The van der Waals surface area contributed by atoms with Gasteiger partial charge in [0.2, 0.25) is 5.91 Å². The fourth-order valence-corrected chi connectivity index (χ4v) is 3.13. The van der Waals surface area contributed by atoms with Gasteiger partial charge in [0.25, 0.3) is 0 Å². The van der Waals surface area contributed by atoms with Gasteiger partial charge in [0.15, 0.2) is 0 Å². The molecule has 0 aliphatic rings. The third-order valence-electron chi connectivity index (χ3n) is 4.86. The molecule has 5 heteroatoms. The first-order chi connectivity index (χ1) is 13.6. The standard InChI is InChI=1S/C23H25N3O2/c1-4-16(2)21(18-9-6-5-7-10-18)22(27)26-20-12-11-19(15-17(20)3)28-23-24-13-8-14-25-23/h5-16,21H,4H2,1-3H3,(H,26,27)/t16-,21+/m0/s1. The van der Waals surface area contributed by atoms with Crippen LogP contribution in [0.25, 0.3) is 0 Å². The van der Waals surface area contributed by atoms with E-state index in [2.05, 4.69) is 29.1 Å². The molecule has 1 amide bonds. The highest BCUT2D eigenvalue weighted by Gasteiger charge is 2.26. The van der Waals surface area contributed by atoms with Crippen LogP contribution < -0.4 is 10.1 Å². The summed E-state index contributed by atoms with van der Waals surface area (Å²) >= 11 is 0. The van der Waals surface area contributed by atoms with Crippen LogP contribution in [0.1, 0.15) is 37.3 Å². The van der Waals surface area contributed by atoms with Crippen molar-refractivity contribution >= 4 is 11.6 Å². The lowest BCUT2D eigenvalue weighted by molar-refractivity contribution is -0.118. The van der Waals surface area contributed by atoms with E-state index in [9.17, 15) is 4.79 Å². The molecule has 0 saturated heterocycles. The van der Waals surface area contributed by atoms with Gasteiger partial charge < -0.3 is 10.1 Å². The molecule has 1 heterocycles. The minimum Gasteiger partial charge on any atom is -0.424 e. The smallest absolute Gasteiger partial charge is 0.321 e. The normalized spacial score (nSPS) is 12.8. The fourth-order valence-electron chi connectivity index (χ4n) is 3.13. The predicted octanol–water partition coefficient (Wildman–Crippen LogP) is 5.35. The van der Waals surface area contributed by atoms with Gasteiger partial charge in [-0.05, 0) is 48.2 Å². The maximum absolute atomic E-state index is 13.1. The molecule has 0 aliphatic carbocycles. The van der Waals surface area contributed by atoms with Crippen LogP contribution in [0.2, 0.25) is 0 Å². The lowest BCUT2D eigenvalue weighted by Crippen LogP contribution is -2.26. The van der Waals surface area contributed by atoms with Crippen molar-refractivity contribution in [2.24, 2.45) is 5.92 Å². The molecule has 2 aromatic carbocycles. The molecule has 1 N–H and O–H groups in total. The maximum Gasteiger partial charge on any atom is 0.321 e. The highest BCUT2D eigenvalue weighted by molar-refractivity contribution is 5.96. The molecule has 3 rings (SSSR count). The SMILES string of the molecule is CC[C@H](C)[C@@H](C(=O)Nc1ccc(Oc2ncccn2)cc1C)c1ccccc1. The number of ether oxygens (including phenoxy) is 1. The number of benzene rings is 2. The number of hydrogen-bond donors (Lipinski definition) is 1. The van der Waals surface area contributed by atoms with Crippen molar-refractivity contribution in [3.63, 3.8) is 0 Å². The van der Waals surface area contributed by atoms with Crippen LogP contribution in [0.4, 0.5) is 5.69 Å². The third-order valence-corrected chi connectivity index (χ3v) is 4.86. The molecular weight excluding hydrogens is 350 g/mol. The van der Waals surface area contributed by atoms with Crippen molar-refractivity contribution in [3.05, 3.63) is 78.1 Å². The quantitative estimate of drug-likeness (QED) is 0.605. The number of carbonyl (C=O) groups is 1. The van der Waals surface area contributed by atoms with E-state index in [1.54, 1.807) is 24.5 Å². The van der Waals surface area contributed by atoms with Gasteiger partial charge in [-0.25, -0.2) is 9.97 Å². The first-order valence-electron chi connectivity index (χ1n) is 9.49. The summed E-state index contributed by atoms with van der Waals surface area (Å²) in [7, 11) is 0. The largest absolute Gasteiger partial charge is 0.424 e. The molecule has 0 fully saturated rings. The summed E-state index contributed by atoms with van der Waals surface area (Å²) in [5, 5.41) is 3.09. The Hall–Kier alpha value is -3.21. The average Bonchev–Trinajstić information content (AvgIpc) is 2.71. The molecular formula is C23H25N3O2. The molecule has 5 nitrogen and oxygen atoms in total. The van der Waals surface area contributed by atoms with Gasteiger partial charge in [-0.2, -0.15) is 0 Å². The van der Waals surface area contributed by atoms with Crippen molar-refractivity contribution in [2.75, 3.05) is 5.32 Å². The number of carbonyl (C=O) groups excluding carboxylic acids is 1. The van der Waals surface area contributed by atoms with E-state index >= 15 is 0 Å². The van der Waals surface area contributed by atoms with Crippen molar-refractivity contribution in [1.29, 1.82) is 0 Å². The summed E-state index contributed by atoms with van der Waals surface area (Å²) < 4.78 is 5.66. The third kappa shape index (κ3) is 4.74. The Morgan fingerprint density at radius 3 is 2.43 bits per heavy atom. The summed E-state index contributed by atoms with van der Waals surface area (Å²) in [6, 6.07) is 17.5. The van der Waals surface area contributed by atoms with Gasteiger partial charge in [-0.3, -0.25) is 4.79 Å². The second kappa shape index (κ2) is 9.13. The monoisotopic (exact) mass is 375 g/mol. The topological polar surface area (TPSA) is 64.1 Å². The van der Waals surface area contributed by atoms with Crippen LogP contribution in [0.15, 0.2) is 67.0 Å². The predicted molar refractivity (Wildman–Crippen MR) is 111 cm³/mol. The highest BCUT2D eigenvalue weighted by atomic mass is 16.5. The van der Waals surface area contributed by atoms with Crippen molar-refractivity contribution < 1.29 is 9.53 Å². The number of nitrogens with one attached hydrogen (secondary N) is 1. The number of aryl methyl sites for hydroxylation is 1. The summed E-state index contributed by atoms with van der Waals surface area (Å²) in [4.78, 5) is 21.2. The van der Waals surface area contributed by atoms with E-state index in [-0.39, 0.29) is 17.7 Å². The summed E-state index contributed by atoms with van der Waals surface area (Å²) in [6.07, 6.45) is 4.18. The maximum atomic E-state index is 13.1. The second-order valence-corrected chi connectivity index (χ2v) is 6.87. The Balaban J connectivity index is 1.77. The molecule has 0 unspecified atom stereocenters. The van der Waals surface area contributed by atoms with E-state index < -0.39 is 0 Å². The van der Waals surface area contributed by atoms with Gasteiger partial charge in [-0.1, -0.05) is 50.6 Å². The molecule has 0 aliphatic heterocycles. The number of nitrogens with zero attached hydrogens (tertiary/aromatic N) is 2. The van der Waals surface area contributed by atoms with Crippen LogP contribution in [-0.2, 0) is 4.79 Å². The number of anilines is 1. The molecule has 28 heavy (non-hydrogen) atoms. The fraction of sp³-hybridized carbons (Fsp3) is 0.261. The Bertz CT molecular complexity index is 914. The minimum absolute atomic E-state index is 0.00344. The molecule has 0 bridgehead atoms. The van der Waals surface area contributed by atoms with Gasteiger partial charge >= 0.3 is 6.01 Å². The molecule has 0 saturated carbocycles. The van der Waals surface area contributed by atoms with Crippen LogP contribution in [0.5, 0.6) is 11.8 Å². The van der Waals surface area contributed by atoms with Gasteiger partial charge in [-0.15, -0.1) is 0 Å².